The Morgan fingerprint density at radius 3 is 2.64 bits per heavy atom. The summed E-state index contributed by atoms with van der Waals surface area (Å²) in [6.07, 6.45) is 13.5. The fourth-order valence-corrected chi connectivity index (χ4v) is 7.05. The predicted molar refractivity (Wildman–Crippen MR) is 90.5 cm³/mol. The molecule has 0 N–H and O–H groups in total. The third-order valence-corrected chi connectivity index (χ3v) is 8.75. The molecule has 22 heavy (non-hydrogen) atoms. The fourth-order valence-electron chi connectivity index (χ4n) is 7.05. The molecule has 0 bridgehead atoms. The topological polar surface area (TPSA) is 17.1 Å². The standard InChI is InChI=1S/C21H32O/c1-14-4-9-18-17-8-6-15-5-7-16(22)10-12-21(15,3)19(17)11-13-20(14,18)2/h4,15,17-19H,5-13H2,1-3H3/t15-,17+,18+,19+,20-,21+/m1/s1. The van der Waals surface area contributed by atoms with Crippen molar-refractivity contribution in [3.63, 3.8) is 0 Å². The average Bonchev–Trinajstić information content (AvgIpc) is 2.70. The molecule has 0 amide bonds. The van der Waals surface area contributed by atoms with E-state index in [1.807, 2.05) is 0 Å². The molecule has 0 aromatic rings. The highest BCUT2D eigenvalue weighted by Gasteiger charge is 2.57. The molecule has 3 fully saturated rings. The smallest absolute Gasteiger partial charge is 0.132 e. The molecule has 0 aliphatic heterocycles. The van der Waals surface area contributed by atoms with Crippen molar-refractivity contribution in [2.75, 3.05) is 0 Å². The highest BCUT2D eigenvalue weighted by molar-refractivity contribution is 5.78. The van der Waals surface area contributed by atoms with Crippen LogP contribution in [-0.4, -0.2) is 5.78 Å². The van der Waals surface area contributed by atoms with E-state index < -0.39 is 0 Å². The quantitative estimate of drug-likeness (QED) is 0.536. The second-order valence-electron chi connectivity index (χ2n) is 9.31. The van der Waals surface area contributed by atoms with Gasteiger partial charge in [-0.25, -0.2) is 0 Å². The van der Waals surface area contributed by atoms with Gasteiger partial charge in [0.2, 0.25) is 0 Å². The first-order valence-corrected chi connectivity index (χ1v) is 9.64. The van der Waals surface area contributed by atoms with Gasteiger partial charge in [0.1, 0.15) is 5.78 Å². The van der Waals surface area contributed by atoms with E-state index in [0.717, 1.165) is 36.5 Å². The number of hydrogen-bond acceptors (Lipinski definition) is 1. The molecule has 0 saturated heterocycles. The summed E-state index contributed by atoms with van der Waals surface area (Å²) < 4.78 is 0. The van der Waals surface area contributed by atoms with Crippen LogP contribution in [0, 0.1) is 34.5 Å². The number of hydrogen-bond donors (Lipinski definition) is 0. The second-order valence-corrected chi connectivity index (χ2v) is 9.31. The third kappa shape index (κ3) is 1.93. The molecule has 4 aliphatic rings. The van der Waals surface area contributed by atoms with Crippen LogP contribution in [0.25, 0.3) is 0 Å². The van der Waals surface area contributed by atoms with Gasteiger partial charge in [-0.2, -0.15) is 0 Å². The number of rotatable bonds is 0. The average molecular weight is 300 g/mol. The molecule has 0 aromatic carbocycles. The largest absolute Gasteiger partial charge is 0.300 e. The molecule has 0 aromatic heterocycles. The fraction of sp³-hybridized carbons (Fsp3) is 0.857. The molecule has 0 unspecified atom stereocenters. The first kappa shape index (κ1) is 15.0. The maximum atomic E-state index is 12.0. The maximum Gasteiger partial charge on any atom is 0.132 e. The first-order valence-electron chi connectivity index (χ1n) is 9.64. The van der Waals surface area contributed by atoms with E-state index in [9.17, 15) is 4.79 Å². The minimum atomic E-state index is 0.451. The Balaban J connectivity index is 1.64. The van der Waals surface area contributed by atoms with Gasteiger partial charge in [0.25, 0.3) is 0 Å². The Bertz CT molecular complexity index is 518. The number of carbonyl (C=O) groups excluding carboxylic acids is 1. The van der Waals surface area contributed by atoms with Gasteiger partial charge < -0.3 is 0 Å². The summed E-state index contributed by atoms with van der Waals surface area (Å²) in [5.74, 6) is 4.05. The molecule has 0 heterocycles. The van der Waals surface area contributed by atoms with Crippen molar-refractivity contribution in [2.45, 2.75) is 78.6 Å². The molecule has 6 atom stereocenters. The van der Waals surface area contributed by atoms with Crippen molar-refractivity contribution >= 4 is 5.78 Å². The van der Waals surface area contributed by atoms with Crippen molar-refractivity contribution in [3.8, 4) is 0 Å². The van der Waals surface area contributed by atoms with E-state index in [1.54, 1.807) is 5.57 Å². The zero-order chi connectivity index (χ0) is 15.5. The van der Waals surface area contributed by atoms with Crippen molar-refractivity contribution in [1.82, 2.24) is 0 Å². The maximum absolute atomic E-state index is 12.0. The van der Waals surface area contributed by atoms with Crippen molar-refractivity contribution in [2.24, 2.45) is 34.5 Å². The molecule has 1 heteroatoms. The summed E-state index contributed by atoms with van der Waals surface area (Å²) in [5, 5.41) is 0. The summed E-state index contributed by atoms with van der Waals surface area (Å²) in [7, 11) is 0. The Morgan fingerprint density at radius 2 is 1.82 bits per heavy atom. The van der Waals surface area contributed by atoms with Crippen LogP contribution < -0.4 is 0 Å². The van der Waals surface area contributed by atoms with Crippen LogP contribution in [-0.2, 0) is 4.79 Å². The van der Waals surface area contributed by atoms with Crippen LogP contribution in [0.1, 0.15) is 78.6 Å². The lowest BCUT2D eigenvalue weighted by atomic mass is 9.46. The number of allylic oxidation sites excluding steroid dienone is 2. The molecular weight excluding hydrogens is 268 g/mol. The van der Waals surface area contributed by atoms with Gasteiger partial charge in [-0.3, -0.25) is 4.79 Å². The Kier molecular flexibility index (Phi) is 3.37. The number of ketones is 1. The Hall–Kier alpha value is -0.590. The molecule has 4 aliphatic carbocycles. The second kappa shape index (κ2) is 4.95. The van der Waals surface area contributed by atoms with Gasteiger partial charge in [-0.15, -0.1) is 0 Å². The van der Waals surface area contributed by atoms with Crippen LogP contribution in [0.5, 0.6) is 0 Å². The molecule has 122 valence electrons. The first-order chi connectivity index (χ1) is 10.4. The van der Waals surface area contributed by atoms with Gasteiger partial charge >= 0.3 is 0 Å². The minimum Gasteiger partial charge on any atom is -0.300 e. The lowest BCUT2D eigenvalue weighted by Gasteiger charge is -2.58. The van der Waals surface area contributed by atoms with E-state index in [0.29, 0.717) is 16.6 Å². The minimum absolute atomic E-state index is 0.451. The number of Topliss-reactive ketones (excluding diaryl/α,β-unsaturated/α-hetero) is 1. The SMILES string of the molecule is CC1=CC[C@H]2[C@@H]3CC[C@H]4CCC(=O)CC[C@]4(C)[C@H]3CC[C@]12C. The van der Waals surface area contributed by atoms with Gasteiger partial charge in [0, 0.05) is 12.8 Å². The van der Waals surface area contributed by atoms with Gasteiger partial charge in [-0.1, -0.05) is 25.5 Å². The zero-order valence-electron chi connectivity index (χ0n) is 14.7. The number of fused-ring (bicyclic) bond motifs is 5. The molecule has 0 spiro atoms. The Labute approximate surface area is 135 Å². The van der Waals surface area contributed by atoms with Crippen LogP contribution in [0.2, 0.25) is 0 Å². The van der Waals surface area contributed by atoms with Gasteiger partial charge in [-0.05, 0) is 86.4 Å². The van der Waals surface area contributed by atoms with E-state index in [2.05, 4.69) is 26.8 Å². The van der Waals surface area contributed by atoms with Crippen LogP contribution in [0.3, 0.4) is 0 Å². The molecule has 0 radical (unpaired) electrons. The normalized spacial score (nSPS) is 51.4. The predicted octanol–water partition coefficient (Wildman–Crippen LogP) is 5.54. The summed E-state index contributed by atoms with van der Waals surface area (Å²) >= 11 is 0. The molecular formula is C21H32O. The summed E-state index contributed by atoms with van der Waals surface area (Å²) in [4.78, 5) is 12.0. The van der Waals surface area contributed by atoms with Crippen LogP contribution in [0.15, 0.2) is 11.6 Å². The van der Waals surface area contributed by atoms with Gasteiger partial charge in [0.05, 0.1) is 0 Å². The Morgan fingerprint density at radius 1 is 1.00 bits per heavy atom. The highest BCUT2D eigenvalue weighted by atomic mass is 16.1. The molecule has 3 saturated carbocycles. The van der Waals surface area contributed by atoms with E-state index in [4.69, 9.17) is 0 Å². The number of carbonyl (C=O) groups is 1. The lowest BCUT2D eigenvalue weighted by Crippen LogP contribution is -2.51. The summed E-state index contributed by atoms with van der Waals surface area (Å²) in [5.41, 5.74) is 2.61. The molecule has 1 nitrogen and oxygen atoms in total. The van der Waals surface area contributed by atoms with E-state index >= 15 is 0 Å². The zero-order valence-corrected chi connectivity index (χ0v) is 14.7. The van der Waals surface area contributed by atoms with Crippen molar-refractivity contribution < 1.29 is 4.79 Å². The third-order valence-electron chi connectivity index (χ3n) is 8.75. The summed E-state index contributed by atoms with van der Waals surface area (Å²) in [6.45, 7) is 7.47. The van der Waals surface area contributed by atoms with Gasteiger partial charge in [0.15, 0.2) is 0 Å². The monoisotopic (exact) mass is 300 g/mol. The van der Waals surface area contributed by atoms with E-state index in [-0.39, 0.29) is 0 Å². The van der Waals surface area contributed by atoms with Crippen molar-refractivity contribution in [1.29, 1.82) is 0 Å². The van der Waals surface area contributed by atoms with Crippen LogP contribution in [0.4, 0.5) is 0 Å². The van der Waals surface area contributed by atoms with E-state index in [1.165, 1.54) is 44.9 Å². The lowest BCUT2D eigenvalue weighted by molar-refractivity contribution is -0.119. The summed E-state index contributed by atoms with van der Waals surface area (Å²) in [6, 6.07) is 0. The van der Waals surface area contributed by atoms with Crippen molar-refractivity contribution in [3.05, 3.63) is 11.6 Å². The highest BCUT2D eigenvalue weighted by Crippen LogP contribution is 2.65. The molecule has 4 rings (SSSR count). The van der Waals surface area contributed by atoms with Crippen LogP contribution >= 0.6 is 0 Å².